The van der Waals surface area contributed by atoms with Gasteiger partial charge in [-0.25, -0.2) is 9.37 Å². The number of rotatable bonds is 3. The zero-order chi connectivity index (χ0) is 18.4. The van der Waals surface area contributed by atoms with E-state index in [9.17, 15) is 4.39 Å². The minimum atomic E-state index is -0.617. The van der Waals surface area contributed by atoms with Gasteiger partial charge in [-0.1, -0.05) is 0 Å². The molecule has 0 unspecified atom stereocenters. The summed E-state index contributed by atoms with van der Waals surface area (Å²) in [6.45, 7) is 1.57. The molecular weight excluding hydrogens is 341 g/mol. The standard InChI is InChI=1S/C21H26FN5/c1-26-12-16(10-25-26)20-11-24-21-19(20)8-15(9-23-21)14-2-4-18(5-3-14)27-7-6-17(22)13-27/h8-12,14,17-18H,2-7,13H2,1H3,(H,23,24)/t14-,17-,18-/m1/s1. The number of halogens is 1. The second-order valence-electron chi connectivity index (χ2n) is 8.16. The number of hydrogen-bond acceptors (Lipinski definition) is 3. The number of aromatic amines is 1. The molecule has 3 aromatic heterocycles. The van der Waals surface area contributed by atoms with Gasteiger partial charge >= 0.3 is 0 Å². The van der Waals surface area contributed by atoms with Crippen molar-refractivity contribution in [3.05, 3.63) is 36.4 Å². The number of pyridine rings is 1. The van der Waals surface area contributed by atoms with E-state index in [-0.39, 0.29) is 0 Å². The summed E-state index contributed by atoms with van der Waals surface area (Å²) in [5, 5.41) is 5.46. The Hall–Kier alpha value is -2.21. The highest BCUT2D eigenvalue weighted by Gasteiger charge is 2.31. The number of likely N-dealkylation sites (tertiary alicyclic amines) is 1. The first kappa shape index (κ1) is 16.9. The topological polar surface area (TPSA) is 49.7 Å². The van der Waals surface area contributed by atoms with Crippen LogP contribution in [0.4, 0.5) is 4.39 Å². The molecule has 1 N–H and O–H groups in total. The Morgan fingerprint density at radius 2 is 2.00 bits per heavy atom. The van der Waals surface area contributed by atoms with E-state index in [2.05, 4.69) is 26.0 Å². The Kier molecular flexibility index (Phi) is 4.23. The third kappa shape index (κ3) is 3.16. The van der Waals surface area contributed by atoms with Gasteiger partial charge in [0.15, 0.2) is 0 Å². The zero-order valence-corrected chi connectivity index (χ0v) is 15.7. The van der Waals surface area contributed by atoms with Gasteiger partial charge in [-0.05, 0) is 49.7 Å². The molecule has 0 amide bonds. The van der Waals surface area contributed by atoms with Crippen LogP contribution >= 0.6 is 0 Å². The van der Waals surface area contributed by atoms with Crippen molar-refractivity contribution >= 4 is 11.0 Å². The van der Waals surface area contributed by atoms with Crippen molar-refractivity contribution in [2.24, 2.45) is 7.05 Å². The minimum absolute atomic E-state index is 0.554. The smallest absolute Gasteiger partial charge is 0.137 e. The third-order valence-corrected chi connectivity index (χ3v) is 6.41. The zero-order valence-electron chi connectivity index (χ0n) is 15.7. The first-order valence-corrected chi connectivity index (χ1v) is 10.0. The van der Waals surface area contributed by atoms with E-state index in [1.54, 1.807) is 0 Å². The Morgan fingerprint density at radius 3 is 2.70 bits per heavy atom. The molecule has 1 saturated carbocycles. The Balaban J connectivity index is 1.35. The predicted molar refractivity (Wildman–Crippen MR) is 104 cm³/mol. The number of nitrogens with one attached hydrogen (secondary N) is 1. The summed E-state index contributed by atoms with van der Waals surface area (Å²) in [4.78, 5) is 10.3. The molecule has 5 nitrogen and oxygen atoms in total. The fourth-order valence-corrected chi connectivity index (χ4v) is 4.89. The van der Waals surface area contributed by atoms with Crippen LogP contribution in [0.2, 0.25) is 0 Å². The monoisotopic (exact) mass is 367 g/mol. The van der Waals surface area contributed by atoms with Crippen LogP contribution in [0, 0.1) is 0 Å². The number of aryl methyl sites for hydroxylation is 1. The van der Waals surface area contributed by atoms with E-state index in [0.717, 1.165) is 49.0 Å². The first-order valence-electron chi connectivity index (χ1n) is 10.0. The maximum Gasteiger partial charge on any atom is 0.137 e. The van der Waals surface area contributed by atoms with Crippen molar-refractivity contribution in [3.63, 3.8) is 0 Å². The SMILES string of the molecule is Cn1cc(-c2c[nH]c3ncc([C@H]4CC[C@H](N5CC[C@@H](F)C5)CC4)cc23)cn1. The lowest BCUT2D eigenvalue weighted by molar-refractivity contribution is 0.170. The van der Waals surface area contributed by atoms with Crippen molar-refractivity contribution in [3.8, 4) is 11.1 Å². The van der Waals surface area contributed by atoms with Crippen molar-refractivity contribution in [2.45, 2.75) is 50.2 Å². The fourth-order valence-electron chi connectivity index (χ4n) is 4.89. The largest absolute Gasteiger partial charge is 0.346 e. The van der Waals surface area contributed by atoms with Crippen molar-refractivity contribution < 1.29 is 4.39 Å². The second-order valence-corrected chi connectivity index (χ2v) is 8.16. The maximum atomic E-state index is 13.5. The average molecular weight is 367 g/mol. The number of H-pyrrole nitrogens is 1. The van der Waals surface area contributed by atoms with Gasteiger partial charge in [0.25, 0.3) is 0 Å². The number of fused-ring (bicyclic) bond motifs is 1. The highest BCUT2D eigenvalue weighted by atomic mass is 19.1. The lowest BCUT2D eigenvalue weighted by Crippen LogP contribution is -2.36. The highest BCUT2D eigenvalue weighted by Crippen LogP contribution is 2.37. The summed E-state index contributed by atoms with van der Waals surface area (Å²) in [5.41, 5.74) is 4.53. The first-order chi connectivity index (χ1) is 13.2. The van der Waals surface area contributed by atoms with Crippen molar-refractivity contribution in [1.82, 2.24) is 24.6 Å². The molecule has 142 valence electrons. The Morgan fingerprint density at radius 1 is 1.15 bits per heavy atom. The quantitative estimate of drug-likeness (QED) is 0.760. The second kappa shape index (κ2) is 6.75. The van der Waals surface area contributed by atoms with E-state index in [1.165, 1.54) is 10.9 Å². The van der Waals surface area contributed by atoms with E-state index in [1.807, 2.05) is 36.5 Å². The highest BCUT2D eigenvalue weighted by molar-refractivity contribution is 5.93. The number of hydrogen-bond donors (Lipinski definition) is 1. The predicted octanol–water partition coefficient (Wildman–Crippen LogP) is 4.03. The molecule has 1 atom stereocenters. The molecule has 0 spiro atoms. The molecule has 2 aliphatic rings. The van der Waals surface area contributed by atoms with E-state index in [0.29, 0.717) is 24.9 Å². The number of nitrogens with zero attached hydrogens (tertiary/aromatic N) is 4. The molecule has 0 radical (unpaired) electrons. The lowest BCUT2D eigenvalue weighted by Gasteiger charge is -2.34. The van der Waals surface area contributed by atoms with Gasteiger partial charge in [0.2, 0.25) is 0 Å². The molecule has 1 aliphatic heterocycles. The molecule has 27 heavy (non-hydrogen) atoms. The molecule has 1 aliphatic carbocycles. The van der Waals surface area contributed by atoms with Crippen LogP contribution < -0.4 is 0 Å². The van der Waals surface area contributed by atoms with Gasteiger partial charge in [-0.2, -0.15) is 5.10 Å². The van der Waals surface area contributed by atoms with Crippen LogP contribution in [0.15, 0.2) is 30.9 Å². The van der Waals surface area contributed by atoms with Crippen LogP contribution in [0.1, 0.15) is 43.6 Å². The van der Waals surface area contributed by atoms with Crippen molar-refractivity contribution in [2.75, 3.05) is 13.1 Å². The Labute approximate surface area is 158 Å². The fraction of sp³-hybridized carbons (Fsp3) is 0.524. The van der Waals surface area contributed by atoms with Crippen LogP contribution in [0.5, 0.6) is 0 Å². The molecule has 2 fully saturated rings. The van der Waals surface area contributed by atoms with E-state index < -0.39 is 6.17 Å². The van der Waals surface area contributed by atoms with Gasteiger partial charge < -0.3 is 4.98 Å². The molecule has 4 heterocycles. The minimum Gasteiger partial charge on any atom is -0.346 e. The lowest BCUT2D eigenvalue weighted by atomic mass is 9.81. The van der Waals surface area contributed by atoms with Gasteiger partial charge in [0.1, 0.15) is 11.8 Å². The maximum absolute atomic E-state index is 13.5. The average Bonchev–Trinajstić information content (AvgIpc) is 3.41. The number of alkyl halides is 1. The molecule has 5 rings (SSSR count). The van der Waals surface area contributed by atoms with Crippen LogP contribution in [0.25, 0.3) is 22.2 Å². The molecule has 3 aromatic rings. The van der Waals surface area contributed by atoms with Crippen LogP contribution in [0.3, 0.4) is 0 Å². The number of aromatic nitrogens is 4. The summed E-state index contributed by atoms with van der Waals surface area (Å²) in [5.74, 6) is 0.554. The summed E-state index contributed by atoms with van der Waals surface area (Å²) in [6.07, 6.45) is 12.7. The molecule has 1 saturated heterocycles. The summed E-state index contributed by atoms with van der Waals surface area (Å²) in [7, 11) is 1.94. The Bertz CT molecular complexity index is 937. The molecular formula is C21H26FN5. The summed E-state index contributed by atoms with van der Waals surface area (Å²) >= 11 is 0. The van der Waals surface area contributed by atoms with Gasteiger partial charge in [0, 0.05) is 61.3 Å². The van der Waals surface area contributed by atoms with Gasteiger partial charge in [-0.15, -0.1) is 0 Å². The van der Waals surface area contributed by atoms with Crippen LogP contribution in [-0.4, -0.2) is 50.0 Å². The molecule has 0 aromatic carbocycles. The van der Waals surface area contributed by atoms with Crippen molar-refractivity contribution in [1.29, 1.82) is 0 Å². The van der Waals surface area contributed by atoms with E-state index >= 15 is 0 Å². The molecule has 0 bridgehead atoms. The van der Waals surface area contributed by atoms with Gasteiger partial charge in [0.05, 0.1) is 6.20 Å². The molecule has 6 heteroatoms. The van der Waals surface area contributed by atoms with Gasteiger partial charge in [-0.3, -0.25) is 9.58 Å². The van der Waals surface area contributed by atoms with Crippen LogP contribution in [-0.2, 0) is 7.05 Å². The summed E-state index contributed by atoms with van der Waals surface area (Å²) in [6, 6.07) is 2.87. The third-order valence-electron chi connectivity index (χ3n) is 6.41. The van der Waals surface area contributed by atoms with E-state index in [4.69, 9.17) is 0 Å². The summed E-state index contributed by atoms with van der Waals surface area (Å²) < 4.78 is 15.3. The normalized spacial score (nSPS) is 26.8.